The van der Waals surface area contributed by atoms with E-state index in [9.17, 15) is 14.9 Å². The normalized spacial score (nSPS) is 10.1. The third-order valence-corrected chi connectivity index (χ3v) is 2.83. The number of nitro groups is 1. The zero-order valence-electron chi connectivity index (χ0n) is 10.6. The minimum absolute atomic E-state index is 0.0545. The van der Waals surface area contributed by atoms with Crippen LogP contribution >= 0.6 is 0 Å². The van der Waals surface area contributed by atoms with E-state index < -0.39 is 22.1 Å². The molecule has 0 atom stereocenters. The predicted octanol–water partition coefficient (Wildman–Crippen LogP) is 2.97. The van der Waals surface area contributed by atoms with Crippen molar-refractivity contribution >= 4 is 11.7 Å². The first kappa shape index (κ1) is 13.5. The predicted molar refractivity (Wildman–Crippen MR) is 72.0 cm³/mol. The van der Waals surface area contributed by atoms with E-state index in [4.69, 9.17) is 9.84 Å². The molecular weight excluding hydrogens is 262 g/mol. The molecule has 0 amide bonds. The maximum absolute atomic E-state index is 11.2. The fraction of sp³-hybridized carbons (Fsp3) is 0.0714. The number of hydrogen-bond donors (Lipinski definition) is 1. The van der Waals surface area contributed by atoms with Crippen LogP contribution in [-0.2, 0) is 0 Å². The summed E-state index contributed by atoms with van der Waals surface area (Å²) in [6, 6.07) is 11.6. The van der Waals surface area contributed by atoms with Gasteiger partial charge in [-0.3, -0.25) is 10.1 Å². The van der Waals surface area contributed by atoms with E-state index in [1.165, 1.54) is 19.2 Å². The van der Waals surface area contributed by atoms with Crippen LogP contribution in [0.5, 0.6) is 5.75 Å². The van der Waals surface area contributed by atoms with Crippen LogP contribution in [0.15, 0.2) is 42.5 Å². The molecule has 6 nitrogen and oxygen atoms in total. The second kappa shape index (κ2) is 5.40. The third-order valence-electron chi connectivity index (χ3n) is 2.83. The Hall–Kier alpha value is -2.89. The molecule has 0 bridgehead atoms. The Morgan fingerprint density at radius 3 is 2.35 bits per heavy atom. The molecule has 0 aromatic heterocycles. The van der Waals surface area contributed by atoms with Crippen molar-refractivity contribution in [2.45, 2.75) is 0 Å². The van der Waals surface area contributed by atoms with Crippen LogP contribution < -0.4 is 4.74 Å². The summed E-state index contributed by atoms with van der Waals surface area (Å²) in [5.41, 5.74) is 0.252. The van der Waals surface area contributed by atoms with Crippen molar-refractivity contribution in [1.82, 2.24) is 0 Å². The minimum atomic E-state index is -1.37. The standard InChI is InChI=1S/C14H11NO5/c1-20-13-10(9-5-3-2-4-6-9)7-8-11(14(16)17)12(13)15(18)19/h2-8H,1H3,(H,16,17). The van der Waals surface area contributed by atoms with Crippen LogP contribution in [0.2, 0.25) is 0 Å². The molecule has 0 saturated heterocycles. The molecule has 0 radical (unpaired) electrons. The number of aromatic carboxylic acids is 1. The number of carbonyl (C=O) groups is 1. The molecule has 0 aliphatic rings. The summed E-state index contributed by atoms with van der Waals surface area (Å²) in [4.78, 5) is 21.5. The van der Waals surface area contributed by atoms with Crippen LogP contribution in [0.3, 0.4) is 0 Å². The van der Waals surface area contributed by atoms with E-state index in [2.05, 4.69) is 0 Å². The lowest BCUT2D eigenvalue weighted by Gasteiger charge is -2.10. The first-order valence-electron chi connectivity index (χ1n) is 5.70. The van der Waals surface area contributed by atoms with E-state index >= 15 is 0 Å². The highest BCUT2D eigenvalue weighted by molar-refractivity contribution is 5.96. The number of carboxylic acids is 1. The van der Waals surface area contributed by atoms with Gasteiger partial charge in [-0.1, -0.05) is 30.3 Å². The molecule has 0 heterocycles. The van der Waals surface area contributed by atoms with Gasteiger partial charge in [-0.05, 0) is 17.7 Å². The van der Waals surface area contributed by atoms with Gasteiger partial charge in [0.2, 0.25) is 5.75 Å². The van der Waals surface area contributed by atoms with Crippen LogP contribution in [0.1, 0.15) is 10.4 Å². The fourth-order valence-electron chi connectivity index (χ4n) is 1.98. The molecule has 6 heteroatoms. The van der Waals surface area contributed by atoms with Crippen LogP contribution in [0.4, 0.5) is 5.69 Å². The zero-order chi connectivity index (χ0) is 14.7. The lowest BCUT2D eigenvalue weighted by Crippen LogP contribution is -2.05. The van der Waals surface area contributed by atoms with Gasteiger partial charge in [0.25, 0.3) is 0 Å². The summed E-state index contributed by atoms with van der Waals surface area (Å²) in [6.45, 7) is 0. The van der Waals surface area contributed by atoms with E-state index in [-0.39, 0.29) is 5.75 Å². The number of nitrogens with zero attached hydrogens (tertiary/aromatic N) is 1. The van der Waals surface area contributed by atoms with Gasteiger partial charge in [0.05, 0.1) is 12.0 Å². The zero-order valence-corrected chi connectivity index (χ0v) is 10.6. The Morgan fingerprint density at radius 1 is 1.20 bits per heavy atom. The van der Waals surface area contributed by atoms with Gasteiger partial charge in [0, 0.05) is 5.56 Å². The molecule has 2 aromatic rings. The van der Waals surface area contributed by atoms with Crippen molar-refractivity contribution in [2.24, 2.45) is 0 Å². The Kier molecular flexibility index (Phi) is 3.65. The lowest BCUT2D eigenvalue weighted by atomic mass is 10.0. The summed E-state index contributed by atoms with van der Waals surface area (Å²) in [5.74, 6) is -1.42. The Balaban J connectivity index is 2.76. The van der Waals surface area contributed by atoms with Gasteiger partial charge in [-0.15, -0.1) is 0 Å². The molecule has 0 aliphatic heterocycles. The van der Waals surface area contributed by atoms with Crippen molar-refractivity contribution in [2.75, 3.05) is 7.11 Å². The smallest absolute Gasteiger partial charge is 0.342 e. The molecule has 0 unspecified atom stereocenters. The summed E-state index contributed by atoms with van der Waals surface area (Å²) in [5, 5.41) is 20.2. The maximum Gasteiger partial charge on any atom is 0.342 e. The van der Waals surface area contributed by atoms with E-state index in [0.29, 0.717) is 11.1 Å². The monoisotopic (exact) mass is 273 g/mol. The third kappa shape index (κ3) is 2.31. The molecule has 0 aliphatic carbocycles. The molecule has 0 fully saturated rings. The van der Waals surface area contributed by atoms with Gasteiger partial charge >= 0.3 is 11.7 Å². The number of hydrogen-bond acceptors (Lipinski definition) is 4. The first-order chi connectivity index (χ1) is 9.56. The van der Waals surface area contributed by atoms with Crippen molar-refractivity contribution in [1.29, 1.82) is 0 Å². The maximum atomic E-state index is 11.2. The number of rotatable bonds is 4. The molecule has 0 spiro atoms. The summed E-state index contributed by atoms with van der Waals surface area (Å²) in [7, 11) is 1.28. The molecule has 0 saturated carbocycles. The van der Waals surface area contributed by atoms with E-state index in [0.717, 1.165) is 0 Å². The largest absolute Gasteiger partial charge is 0.490 e. The number of benzene rings is 2. The molecule has 102 valence electrons. The molecule has 20 heavy (non-hydrogen) atoms. The number of ether oxygens (including phenoxy) is 1. The quantitative estimate of drug-likeness (QED) is 0.683. The number of nitro benzene ring substituents is 1. The molecule has 2 aromatic carbocycles. The van der Waals surface area contributed by atoms with E-state index in [1.807, 2.05) is 6.07 Å². The average molecular weight is 273 g/mol. The van der Waals surface area contributed by atoms with Gasteiger partial charge < -0.3 is 9.84 Å². The molecule has 1 N–H and O–H groups in total. The van der Waals surface area contributed by atoms with Crippen molar-refractivity contribution in [3.8, 4) is 16.9 Å². The lowest BCUT2D eigenvalue weighted by molar-refractivity contribution is -0.386. The SMILES string of the molecule is COc1c(-c2ccccc2)ccc(C(=O)O)c1[N+](=O)[O-]. The number of carboxylic acid groups (broad SMARTS) is 1. The van der Waals surface area contributed by atoms with Crippen molar-refractivity contribution < 1.29 is 19.6 Å². The van der Waals surface area contributed by atoms with Crippen LogP contribution in [-0.4, -0.2) is 23.1 Å². The summed E-state index contributed by atoms with van der Waals surface area (Å²) in [6.07, 6.45) is 0. The first-order valence-corrected chi connectivity index (χ1v) is 5.70. The second-order valence-electron chi connectivity index (χ2n) is 3.97. The molecule has 2 rings (SSSR count). The van der Waals surface area contributed by atoms with Crippen LogP contribution in [0.25, 0.3) is 11.1 Å². The van der Waals surface area contributed by atoms with Gasteiger partial charge in [-0.25, -0.2) is 4.79 Å². The van der Waals surface area contributed by atoms with Crippen molar-refractivity contribution in [3.05, 3.63) is 58.1 Å². The Morgan fingerprint density at radius 2 is 1.85 bits per heavy atom. The molecular formula is C14H11NO5. The van der Waals surface area contributed by atoms with Crippen molar-refractivity contribution in [3.63, 3.8) is 0 Å². The van der Waals surface area contributed by atoms with Gasteiger partial charge in [0.15, 0.2) is 0 Å². The highest BCUT2D eigenvalue weighted by Gasteiger charge is 2.28. The Bertz CT molecular complexity index is 667. The highest BCUT2D eigenvalue weighted by Crippen LogP contribution is 2.40. The van der Waals surface area contributed by atoms with Crippen LogP contribution in [0, 0.1) is 10.1 Å². The number of methoxy groups -OCH3 is 1. The van der Waals surface area contributed by atoms with Gasteiger partial charge in [0.1, 0.15) is 5.56 Å². The summed E-state index contributed by atoms with van der Waals surface area (Å²) >= 11 is 0. The highest BCUT2D eigenvalue weighted by atomic mass is 16.6. The fourth-order valence-corrected chi connectivity index (χ4v) is 1.98. The Labute approximate surface area is 114 Å². The second-order valence-corrected chi connectivity index (χ2v) is 3.97. The minimum Gasteiger partial charge on any atom is -0.490 e. The average Bonchev–Trinajstić information content (AvgIpc) is 2.46. The van der Waals surface area contributed by atoms with E-state index in [1.54, 1.807) is 24.3 Å². The van der Waals surface area contributed by atoms with Gasteiger partial charge in [-0.2, -0.15) is 0 Å². The summed E-state index contributed by atoms with van der Waals surface area (Å²) < 4.78 is 5.08. The topological polar surface area (TPSA) is 89.7 Å².